The Bertz CT molecular complexity index is 255. The minimum absolute atomic E-state index is 0.113. The summed E-state index contributed by atoms with van der Waals surface area (Å²) >= 11 is 0. The van der Waals surface area contributed by atoms with Gasteiger partial charge in [-0.25, -0.2) is 4.79 Å². The van der Waals surface area contributed by atoms with Crippen LogP contribution in [0.1, 0.15) is 26.7 Å². The van der Waals surface area contributed by atoms with Crippen LogP contribution in [0.2, 0.25) is 0 Å². The number of aliphatic carboxylic acids is 1. The molecule has 5 nitrogen and oxygen atoms in total. The van der Waals surface area contributed by atoms with E-state index in [0.717, 1.165) is 12.8 Å². The van der Waals surface area contributed by atoms with Gasteiger partial charge in [-0.05, 0) is 13.3 Å². The number of oxime groups is 1. The van der Waals surface area contributed by atoms with Gasteiger partial charge in [0.25, 0.3) is 0 Å². The number of nitriles is 1. The van der Waals surface area contributed by atoms with Gasteiger partial charge in [-0.3, -0.25) is 0 Å². The molecule has 14 heavy (non-hydrogen) atoms. The molecule has 0 fully saturated rings. The van der Waals surface area contributed by atoms with Gasteiger partial charge in [0, 0.05) is 0 Å². The summed E-state index contributed by atoms with van der Waals surface area (Å²) in [7, 11) is 0. The predicted octanol–water partition coefficient (Wildman–Crippen LogP) is 1.40. The van der Waals surface area contributed by atoms with E-state index in [2.05, 4.69) is 11.2 Å². The second kappa shape index (κ2) is 6.89. The van der Waals surface area contributed by atoms with Crippen LogP contribution >= 0.6 is 0 Å². The molecule has 0 aromatic heterocycles. The third kappa shape index (κ3) is 5.14. The molecular weight excluding hydrogens is 184 g/mol. The molecule has 0 bridgehead atoms. The molecule has 0 spiro atoms. The van der Waals surface area contributed by atoms with Gasteiger partial charge in [-0.15, -0.1) is 0 Å². The Morgan fingerprint density at radius 2 is 2.36 bits per heavy atom. The van der Waals surface area contributed by atoms with Crippen molar-refractivity contribution < 1.29 is 14.7 Å². The van der Waals surface area contributed by atoms with Crippen molar-refractivity contribution >= 4 is 11.7 Å². The van der Waals surface area contributed by atoms with Crippen LogP contribution in [0, 0.1) is 17.2 Å². The molecule has 0 aliphatic carbocycles. The summed E-state index contributed by atoms with van der Waals surface area (Å²) in [4.78, 5) is 15.0. The Kier molecular flexibility index (Phi) is 6.12. The first-order chi connectivity index (χ1) is 6.61. The van der Waals surface area contributed by atoms with Crippen LogP contribution in [0.15, 0.2) is 5.16 Å². The lowest BCUT2D eigenvalue weighted by atomic mass is 10.1. The molecule has 0 aliphatic heterocycles. The minimum atomic E-state index is -1.12. The van der Waals surface area contributed by atoms with E-state index in [1.807, 2.05) is 6.92 Å². The zero-order valence-corrected chi connectivity index (χ0v) is 8.36. The van der Waals surface area contributed by atoms with E-state index in [0.29, 0.717) is 0 Å². The number of hydrogen-bond acceptors (Lipinski definition) is 4. The molecule has 0 saturated heterocycles. The Labute approximate surface area is 83.0 Å². The second-order valence-corrected chi connectivity index (χ2v) is 2.89. The van der Waals surface area contributed by atoms with Crippen LogP contribution in [0.3, 0.4) is 0 Å². The first-order valence-electron chi connectivity index (χ1n) is 4.41. The van der Waals surface area contributed by atoms with Crippen molar-refractivity contribution in [3.8, 4) is 6.07 Å². The summed E-state index contributed by atoms with van der Waals surface area (Å²) in [6.45, 7) is 3.45. The largest absolute Gasteiger partial charge is 0.477 e. The van der Waals surface area contributed by atoms with Crippen molar-refractivity contribution in [1.29, 1.82) is 5.26 Å². The Morgan fingerprint density at radius 1 is 1.71 bits per heavy atom. The molecule has 1 atom stereocenters. The SMILES string of the molecule is CCCC(C#N)CON=C(C)C(=O)O. The predicted molar refractivity (Wildman–Crippen MR) is 50.7 cm³/mol. The Morgan fingerprint density at radius 3 is 2.79 bits per heavy atom. The first kappa shape index (κ1) is 12.4. The average molecular weight is 198 g/mol. The molecule has 0 saturated carbocycles. The number of hydrogen-bond donors (Lipinski definition) is 1. The van der Waals surface area contributed by atoms with E-state index in [9.17, 15) is 4.79 Å². The van der Waals surface area contributed by atoms with E-state index in [-0.39, 0.29) is 18.2 Å². The number of carboxylic acid groups (broad SMARTS) is 1. The van der Waals surface area contributed by atoms with E-state index < -0.39 is 5.97 Å². The van der Waals surface area contributed by atoms with E-state index >= 15 is 0 Å². The van der Waals surface area contributed by atoms with Crippen LogP contribution in [-0.2, 0) is 9.63 Å². The smallest absolute Gasteiger partial charge is 0.353 e. The highest BCUT2D eigenvalue weighted by Gasteiger charge is 2.07. The lowest BCUT2D eigenvalue weighted by molar-refractivity contribution is -0.129. The van der Waals surface area contributed by atoms with Crippen LogP contribution < -0.4 is 0 Å². The normalized spacial score (nSPS) is 13.1. The highest BCUT2D eigenvalue weighted by molar-refractivity contribution is 6.34. The van der Waals surface area contributed by atoms with Gasteiger partial charge in [0.1, 0.15) is 6.61 Å². The maximum Gasteiger partial charge on any atom is 0.353 e. The third-order valence-corrected chi connectivity index (χ3v) is 1.61. The molecule has 78 valence electrons. The highest BCUT2D eigenvalue weighted by atomic mass is 16.6. The van der Waals surface area contributed by atoms with Crippen LogP contribution in [-0.4, -0.2) is 23.4 Å². The summed E-state index contributed by atoms with van der Waals surface area (Å²) in [6, 6.07) is 2.06. The Balaban J connectivity index is 3.88. The van der Waals surface area contributed by atoms with Crippen LogP contribution in [0.5, 0.6) is 0 Å². The zero-order chi connectivity index (χ0) is 11.0. The summed E-state index contributed by atoms with van der Waals surface area (Å²) in [5.74, 6) is -1.33. The highest BCUT2D eigenvalue weighted by Crippen LogP contribution is 2.05. The van der Waals surface area contributed by atoms with Gasteiger partial charge in [0.2, 0.25) is 0 Å². The number of rotatable bonds is 6. The van der Waals surface area contributed by atoms with Crippen LogP contribution in [0.25, 0.3) is 0 Å². The summed E-state index contributed by atoms with van der Waals surface area (Å²) in [5, 5.41) is 20.4. The number of carbonyl (C=O) groups is 1. The molecule has 5 heteroatoms. The molecule has 1 unspecified atom stereocenters. The Hall–Kier alpha value is -1.57. The zero-order valence-electron chi connectivity index (χ0n) is 8.36. The fourth-order valence-corrected chi connectivity index (χ4v) is 0.797. The third-order valence-electron chi connectivity index (χ3n) is 1.61. The van der Waals surface area contributed by atoms with E-state index in [1.165, 1.54) is 6.92 Å². The lowest BCUT2D eigenvalue weighted by Crippen LogP contribution is -2.11. The number of carboxylic acids is 1. The molecular formula is C9H14N2O3. The molecule has 0 aromatic rings. The molecule has 0 aliphatic rings. The van der Waals surface area contributed by atoms with Crippen molar-refractivity contribution in [1.82, 2.24) is 0 Å². The maximum absolute atomic E-state index is 10.3. The van der Waals surface area contributed by atoms with Crippen molar-refractivity contribution in [2.24, 2.45) is 11.1 Å². The monoisotopic (exact) mass is 198 g/mol. The number of nitrogens with zero attached hydrogens (tertiary/aromatic N) is 2. The second-order valence-electron chi connectivity index (χ2n) is 2.89. The standard InChI is InChI=1S/C9H14N2O3/c1-3-4-8(5-10)6-14-11-7(2)9(12)13/h8H,3-4,6H2,1-2H3,(H,12,13). The molecule has 0 aromatic carbocycles. The fraction of sp³-hybridized carbons (Fsp3) is 0.667. The van der Waals surface area contributed by atoms with Crippen molar-refractivity contribution in [3.63, 3.8) is 0 Å². The first-order valence-corrected chi connectivity index (χ1v) is 4.41. The fourth-order valence-electron chi connectivity index (χ4n) is 0.797. The van der Waals surface area contributed by atoms with Crippen molar-refractivity contribution in [2.45, 2.75) is 26.7 Å². The van der Waals surface area contributed by atoms with Crippen LogP contribution in [0.4, 0.5) is 0 Å². The van der Waals surface area contributed by atoms with Gasteiger partial charge in [-0.1, -0.05) is 18.5 Å². The van der Waals surface area contributed by atoms with Gasteiger partial charge < -0.3 is 9.94 Å². The van der Waals surface area contributed by atoms with Crippen molar-refractivity contribution in [3.05, 3.63) is 0 Å². The minimum Gasteiger partial charge on any atom is -0.477 e. The quantitative estimate of drug-likeness (QED) is 0.516. The molecule has 0 heterocycles. The lowest BCUT2D eigenvalue weighted by Gasteiger charge is -2.04. The van der Waals surface area contributed by atoms with Gasteiger partial charge >= 0.3 is 5.97 Å². The summed E-state index contributed by atoms with van der Waals surface area (Å²) in [5.41, 5.74) is -0.113. The molecule has 0 amide bonds. The average Bonchev–Trinajstić information content (AvgIpc) is 2.16. The van der Waals surface area contributed by atoms with Gasteiger partial charge in [0.05, 0.1) is 12.0 Å². The molecule has 0 radical (unpaired) electrons. The van der Waals surface area contributed by atoms with Gasteiger partial charge in [0.15, 0.2) is 5.71 Å². The molecule has 0 rings (SSSR count). The van der Waals surface area contributed by atoms with Crippen molar-refractivity contribution in [2.75, 3.05) is 6.61 Å². The summed E-state index contributed by atoms with van der Waals surface area (Å²) in [6.07, 6.45) is 1.63. The molecule has 1 N–H and O–H groups in total. The van der Waals surface area contributed by atoms with E-state index in [4.69, 9.17) is 15.2 Å². The van der Waals surface area contributed by atoms with E-state index in [1.54, 1.807) is 0 Å². The topological polar surface area (TPSA) is 82.7 Å². The summed E-state index contributed by atoms with van der Waals surface area (Å²) < 4.78 is 0. The van der Waals surface area contributed by atoms with Gasteiger partial charge in [-0.2, -0.15) is 5.26 Å². The maximum atomic E-state index is 10.3.